The number of aromatic nitrogens is 1. The molecule has 0 amide bonds. The highest BCUT2D eigenvalue weighted by atomic mass is 32.1. The topological polar surface area (TPSA) is 38.9 Å². The second-order valence-electron chi connectivity index (χ2n) is 4.67. The molecule has 0 aliphatic heterocycles. The lowest BCUT2D eigenvalue weighted by Gasteiger charge is -2.49. The average molecular weight is 210 g/mol. The smallest absolute Gasteiger partial charge is 0.113 e. The van der Waals surface area contributed by atoms with Gasteiger partial charge in [0.2, 0.25) is 0 Å². The molecule has 78 valence electrons. The van der Waals surface area contributed by atoms with E-state index in [-0.39, 0.29) is 5.54 Å². The molecule has 1 heterocycles. The van der Waals surface area contributed by atoms with E-state index in [4.69, 9.17) is 5.73 Å². The molecule has 2 N–H and O–H groups in total. The fourth-order valence-electron chi connectivity index (χ4n) is 2.20. The normalized spacial score (nSPS) is 36.9. The van der Waals surface area contributed by atoms with Gasteiger partial charge in [0.05, 0.1) is 11.2 Å². The molecule has 3 atom stereocenters. The van der Waals surface area contributed by atoms with Crippen LogP contribution in [0.2, 0.25) is 0 Å². The van der Waals surface area contributed by atoms with Gasteiger partial charge < -0.3 is 5.73 Å². The van der Waals surface area contributed by atoms with Crippen LogP contribution in [0.4, 0.5) is 0 Å². The van der Waals surface area contributed by atoms with Crippen molar-refractivity contribution in [3.8, 4) is 0 Å². The van der Waals surface area contributed by atoms with Crippen molar-refractivity contribution in [3.63, 3.8) is 0 Å². The summed E-state index contributed by atoms with van der Waals surface area (Å²) in [4.78, 5) is 5.88. The highest BCUT2D eigenvalue weighted by Gasteiger charge is 2.49. The molecular formula is C11H18N2S. The van der Waals surface area contributed by atoms with E-state index < -0.39 is 0 Å². The molecular weight excluding hydrogens is 192 g/mol. The monoisotopic (exact) mass is 210 g/mol. The van der Waals surface area contributed by atoms with Gasteiger partial charge in [-0.3, -0.25) is 0 Å². The number of hydrogen-bond donors (Lipinski definition) is 1. The Morgan fingerprint density at radius 1 is 1.43 bits per heavy atom. The fourth-order valence-corrected chi connectivity index (χ4v) is 3.32. The standard InChI is InChI=1S/C11H18N2S/c1-6-5-11(12,7(6)2)10-13-8(3)9(4)14-10/h6-7H,5,12H2,1-4H3. The van der Waals surface area contributed by atoms with Crippen molar-refractivity contribution < 1.29 is 0 Å². The summed E-state index contributed by atoms with van der Waals surface area (Å²) in [5.41, 5.74) is 7.39. The zero-order valence-corrected chi connectivity index (χ0v) is 10.1. The van der Waals surface area contributed by atoms with Crippen molar-refractivity contribution in [3.05, 3.63) is 15.6 Å². The highest BCUT2D eigenvalue weighted by Crippen LogP contribution is 2.49. The molecule has 1 aliphatic carbocycles. The summed E-state index contributed by atoms with van der Waals surface area (Å²) in [6.07, 6.45) is 1.08. The Balaban J connectivity index is 2.32. The van der Waals surface area contributed by atoms with Crippen molar-refractivity contribution in [2.45, 2.75) is 39.7 Å². The summed E-state index contributed by atoms with van der Waals surface area (Å²) in [5, 5.41) is 1.14. The Morgan fingerprint density at radius 2 is 2.07 bits per heavy atom. The summed E-state index contributed by atoms with van der Waals surface area (Å²) >= 11 is 1.77. The second kappa shape index (κ2) is 3.04. The van der Waals surface area contributed by atoms with E-state index in [1.807, 2.05) is 0 Å². The van der Waals surface area contributed by atoms with Crippen LogP contribution < -0.4 is 5.73 Å². The van der Waals surface area contributed by atoms with Gasteiger partial charge in [0.25, 0.3) is 0 Å². The largest absolute Gasteiger partial charge is 0.319 e. The minimum Gasteiger partial charge on any atom is -0.319 e. The van der Waals surface area contributed by atoms with E-state index in [1.165, 1.54) is 4.88 Å². The number of nitrogens with zero attached hydrogens (tertiary/aromatic N) is 1. The van der Waals surface area contributed by atoms with Gasteiger partial charge in [-0.15, -0.1) is 11.3 Å². The third-order valence-corrected chi connectivity index (χ3v) is 5.02. The maximum Gasteiger partial charge on any atom is 0.113 e. The van der Waals surface area contributed by atoms with Gasteiger partial charge in [0.15, 0.2) is 0 Å². The minimum atomic E-state index is -0.136. The third-order valence-electron chi connectivity index (χ3n) is 3.75. The molecule has 0 radical (unpaired) electrons. The number of hydrogen-bond acceptors (Lipinski definition) is 3. The van der Waals surface area contributed by atoms with Gasteiger partial charge in [-0.05, 0) is 32.1 Å². The van der Waals surface area contributed by atoms with E-state index >= 15 is 0 Å². The van der Waals surface area contributed by atoms with Crippen LogP contribution in [-0.4, -0.2) is 4.98 Å². The molecule has 1 aromatic heterocycles. The predicted octanol–water partition coefficient (Wildman–Crippen LogP) is 2.59. The van der Waals surface area contributed by atoms with Crippen LogP contribution in [0.5, 0.6) is 0 Å². The molecule has 0 spiro atoms. The molecule has 1 aromatic rings. The van der Waals surface area contributed by atoms with Crippen molar-refractivity contribution in [2.24, 2.45) is 17.6 Å². The fraction of sp³-hybridized carbons (Fsp3) is 0.727. The summed E-state index contributed by atoms with van der Waals surface area (Å²) < 4.78 is 0. The number of nitrogens with two attached hydrogens (primary N) is 1. The first-order chi connectivity index (χ1) is 6.45. The Bertz CT molecular complexity index is 339. The molecule has 1 fully saturated rings. The quantitative estimate of drug-likeness (QED) is 0.774. The van der Waals surface area contributed by atoms with Crippen molar-refractivity contribution in [2.75, 3.05) is 0 Å². The maximum absolute atomic E-state index is 6.39. The van der Waals surface area contributed by atoms with E-state index in [9.17, 15) is 0 Å². The molecule has 2 nitrogen and oxygen atoms in total. The maximum atomic E-state index is 6.39. The Labute approximate surface area is 89.5 Å². The third kappa shape index (κ3) is 1.22. The second-order valence-corrected chi connectivity index (χ2v) is 5.87. The molecule has 3 unspecified atom stereocenters. The summed E-state index contributed by atoms with van der Waals surface area (Å²) in [5.74, 6) is 1.30. The van der Waals surface area contributed by atoms with Crippen LogP contribution in [0.3, 0.4) is 0 Å². The molecule has 1 aliphatic rings. The zero-order chi connectivity index (χ0) is 10.5. The first kappa shape index (κ1) is 10.1. The highest BCUT2D eigenvalue weighted by molar-refractivity contribution is 7.11. The molecule has 2 rings (SSSR count). The molecule has 0 saturated heterocycles. The first-order valence-electron chi connectivity index (χ1n) is 5.18. The molecule has 3 heteroatoms. The van der Waals surface area contributed by atoms with E-state index in [0.29, 0.717) is 5.92 Å². The molecule has 0 aromatic carbocycles. The Kier molecular flexibility index (Phi) is 2.20. The van der Waals surface area contributed by atoms with Gasteiger partial charge in [-0.2, -0.15) is 0 Å². The summed E-state index contributed by atoms with van der Waals surface area (Å²) in [7, 11) is 0. The lowest BCUT2D eigenvalue weighted by Crippen LogP contribution is -2.55. The zero-order valence-electron chi connectivity index (χ0n) is 9.29. The van der Waals surface area contributed by atoms with Crippen LogP contribution in [0.25, 0.3) is 0 Å². The lowest BCUT2D eigenvalue weighted by molar-refractivity contribution is 0.0622. The van der Waals surface area contributed by atoms with Crippen molar-refractivity contribution in [1.29, 1.82) is 0 Å². The lowest BCUT2D eigenvalue weighted by atomic mass is 9.61. The van der Waals surface area contributed by atoms with Crippen LogP contribution in [0.15, 0.2) is 0 Å². The van der Waals surface area contributed by atoms with Crippen LogP contribution in [-0.2, 0) is 5.54 Å². The number of thiazole rings is 1. The minimum absolute atomic E-state index is 0.136. The molecule has 0 bridgehead atoms. The van der Waals surface area contributed by atoms with Gasteiger partial charge in [0, 0.05) is 4.88 Å². The van der Waals surface area contributed by atoms with Crippen molar-refractivity contribution in [1.82, 2.24) is 4.98 Å². The van der Waals surface area contributed by atoms with E-state index in [0.717, 1.165) is 23.0 Å². The Morgan fingerprint density at radius 3 is 2.43 bits per heavy atom. The van der Waals surface area contributed by atoms with E-state index in [1.54, 1.807) is 11.3 Å². The van der Waals surface area contributed by atoms with Gasteiger partial charge >= 0.3 is 0 Å². The van der Waals surface area contributed by atoms with E-state index in [2.05, 4.69) is 32.7 Å². The first-order valence-corrected chi connectivity index (χ1v) is 6.00. The SMILES string of the molecule is Cc1nc(C2(N)CC(C)C2C)sc1C. The van der Waals surface area contributed by atoms with Gasteiger partial charge in [-0.25, -0.2) is 4.98 Å². The summed E-state index contributed by atoms with van der Waals surface area (Å²) in [6, 6.07) is 0. The predicted molar refractivity (Wildman–Crippen MR) is 60.4 cm³/mol. The average Bonchev–Trinajstić information content (AvgIpc) is 2.47. The molecule has 14 heavy (non-hydrogen) atoms. The number of aryl methyl sites for hydroxylation is 2. The number of rotatable bonds is 1. The summed E-state index contributed by atoms with van der Waals surface area (Å²) in [6.45, 7) is 8.68. The van der Waals surface area contributed by atoms with Crippen LogP contribution in [0.1, 0.15) is 35.8 Å². The van der Waals surface area contributed by atoms with Gasteiger partial charge in [-0.1, -0.05) is 13.8 Å². The van der Waals surface area contributed by atoms with Crippen LogP contribution >= 0.6 is 11.3 Å². The Hall–Kier alpha value is -0.410. The molecule has 1 saturated carbocycles. The van der Waals surface area contributed by atoms with Crippen LogP contribution in [0, 0.1) is 25.7 Å². The van der Waals surface area contributed by atoms with Gasteiger partial charge in [0.1, 0.15) is 5.01 Å². The van der Waals surface area contributed by atoms with Crippen molar-refractivity contribution >= 4 is 11.3 Å².